The smallest absolute Gasteiger partial charge is 0.255 e. The van der Waals surface area contributed by atoms with Gasteiger partial charge in [0.1, 0.15) is 17.1 Å². The number of aromatic nitrogens is 2. The lowest BCUT2D eigenvalue weighted by molar-refractivity contribution is -0.123. The van der Waals surface area contributed by atoms with Gasteiger partial charge in [0.2, 0.25) is 5.91 Å². The zero-order valence-corrected chi connectivity index (χ0v) is 17.8. The quantitative estimate of drug-likeness (QED) is 0.746. The number of carbonyl (C=O) groups is 2. The van der Waals surface area contributed by atoms with Crippen molar-refractivity contribution in [1.29, 1.82) is 5.26 Å². The molecule has 0 spiro atoms. The van der Waals surface area contributed by atoms with Crippen LogP contribution in [0.15, 0.2) is 36.7 Å². The molecular weight excluding hydrogens is 408 g/mol. The number of nitriles is 1. The molecule has 0 bridgehead atoms. The van der Waals surface area contributed by atoms with Gasteiger partial charge < -0.3 is 19.9 Å². The van der Waals surface area contributed by atoms with E-state index in [1.54, 1.807) is 47.3 Å². The second-order valence-electron chi connectivity index (χ2n) is 8.63. The molecule has 9 heteroatoms. The minimum absolute atomic E-state index is 0.0957. The minimum atomic E-state index is -0.875. The molecule has 2 aromatic rings. The summed E-state index contributed by atoms with van der Waals surface area (Å²) in [5.74, 6) is 1.05. The van der Waals surface area contributed by atoms with Gasteiger partial charge in [-0.2, -0.15) is 5.26 Å². The van der Waals surface area contributed by atoms with Crippen molar-refractivity contribution in [2.75, 3.05) is 37.0 Å². The van der Waals surface area contributed by atoms with Crippen LogP contribution in [0.2, 0.25) is 0 Å². The van der Waals surface area contributed by atoms with Gasteiger partial charge in [-0.15, -0.1) is 0 Å². The molecule has 0 aromatic carbocycles. The molecule has 3 fully saturated rings. The van der Waals surface area contributed by atoms with Gasteiger partial charge in [0.15, 0.2) is 0 Å². The summed E-state index contributed by atoms with van der Waals surface area (Å²) in [5.41, 5.74) is 0.336. The van der Waals surface area contributed by atoms with Crippen LogP contribution >= 0.6 is 0 Å². The Hall–Kier alpha value is -3.51. The van der Waals surface area contributed by atoms with Crippen molar-refractivity contribution in [3.8, 4) is 6.07 Å². The lowest BCUT2D eigenvalue weighted by atomic mass is 9.83. The van der Waals surface area contributed by atoms with Crippen LogP contribution in [0.1, 0.15) is 29.6 Å². The summed E-state index contributed by atoms with van der Waals surface area (Å²) < 4.78 is 5.15. The van der Waals surface area contributed by atoms with Crippen LogP contribution in [0, 0.1) is 22.7 Å². The van der Waals surface area contributed by atoms with Crippen molar-refractivity contribution >= 4 is 29.1 Å². The van der Waals surface area contributed by atoms with E-state index in [0.29, 0.717) is 49.1 Å². The highest BCUT2D eigenvalue weighted by molar-refractivity contribution is 6.02. The molecule has 1 aliphatic carbocycles. The molecule has 1 saturated carbocycles. The number of carbonyl (C=O) groups excluding carboxylic acids is 2. The maximum atomic E-state index is 13.0. The average molecular weight is 432 g/mol. The first-order valence-corrected chi connectivity index (χ1v) is 10.8. The first kappa shape index (κ1) is 20.4. The van der Waals surface area contributed by atoms with Crippen LogP contribution in [-0.4, -0.2) is 59.5 Å². The monoisotopic (exact) mass is 432 g/mol. The summed E-state index contributed by atoms with van der Waals surface area (Å²) in [7, 11) is 1.76. The van der Waals surface area contributed by atoms with Crippen molar-refractivity contribution in [2.45, 2.75) is 25.3 Å². The number of amides is 2. The topological polar surface area (TPSA) is 111 Å². The van der Waals surface area contributed by atoms with E-state index in [1.807, 2.05) is 0 Å². The van der Waals surface area contributed by atoms with Gasteiger partial charge in [0, 0.05) is 37.7 Å². The summed E-state index contributed by atoms with van der Waals surface area (Å²) >= 11 is 0. The number of hydrogen-bond acceptors (Lipinski definition) is 7. The Balaban J connectivity index is 1.28. The van der Waals surface area contributed by atoms with Crippen LogP contribution < -0.4 is 10.2 Å². The molecule has 2 amide bonds. The molecule has 2 aliphatic heterocycles. The third-order valence-corrected chi connectivity index (χ3v) is 6.64. The minimum Gasteiger partial charge on any atom is -0.377 e. The molecule has 2 saturated heterocycles. The Labute approximate surface area is 186 Å². The number of ether oxygens (including phenoxy) is 1. The number of likely N-dealkylation sites (N-methyl/N-ethyl adjacent to an activating group) is 1. The highest BCUT2D eigenvalue weighted by Crippen LogP contribution is 2.51. The largest absolute Gasteiger partial charge is 0.377 e. The first-order chi connectivity index (χ1) is 15.5. The normalized spacial score (nSPS) is 22.9. The molecule has 5 rings (SSSR count). The van der Waals surface area contributed by atoms with Crippen molar-refractivity contribution in [1.82, 2.24) is 14.9 Å². The van der Waals surface area contributed by atoms with E-state index in [9.17, 15) is 14.9 Å². The fourth-order valence-electron chi connectivity index (χ4n) is 4.33. The Kier molecular flexibility index (Phi) is 5.02. The molecule has 1 atom stereocenters. The maximum absolute atomic E-state index is 13.0. The molecule has 1 N–H and O–H groups in total. The van der Waals surface area contributed by atoms with E-state index in [2.05, 4.69) is 21.4 Å². The van der Waals surface area contributed by atoms with E-state index < -0.39 is 5.41 Å². The Morgan fingerprint density at radius 2 is 2.09 bits per heavy atom. The molecule has 4 heterocycles. The number of hydrogen-bond donors (Lipinski definition) is 1. The molecule has 0 unspecified atom stereocenters. The molecule has 0 radical (unpaired) electrons. The van der Waals surface area contributed by atoms with Gasteiger partial charge in [-0.05, 0) is 43.4 Å². The predicted octanol–water partition coefficient (Wildman–Crippen LogP) is 2.35. The van der Waals surface area contributed by atoms with Gasteiger partial charge in [0.25, 0.3) is 5.91 Å². The van der Waals surface area contributed by atoms with Crippen molar-refractivity contribution in [3.63, 3.8) is 0 Å². The summed E-state index contributed by atoms with van der Waals surface area (Å²) in [6.45, 7) is 1.65. The highest BCUT2D eigenvalue weighted by Gasteiger charge is 2.56. The SMILES string of the molecule is CN(C(=O)c1ccc(Nc2cc(N3CC[C@@](C#N)(C4CC4)C3=O)ccn2)nc1)C1COC1. The van der Waals surface area contributed by atoms with Crippen LogP contribution in [0.3, 0.4) is 0 Å². The molecular formula is C23H24N6O3. The molecule has 3 aliphatic rings. The van der Waals surface area contributed by atoms with Crippen LogP contribution in [0.5, 0.6) is 0 Å². The second kappa shape index (κ2) is 7.88. The number of nitrogens with one attached hydrogen (secondary N) is 1. The van der Waals surface area contributed by atoms with Gasteiger partial charge in [-0.1, -0.05) is 0 Å². The molecule has 164 valence electrons. The average Bonchev–Trinajstić information content (AvgIpc) is 3.56. The lowest BCUT2D eigenvalue weighted by Crippen LogP contribution is -2.49. The third-order valence-electron chi connectivity index (χ3n) is 6.64. The Morgan fingerprint density at radius 1 is 1.28 bits per heavy atom. The summed E-state index contributed by atoms with van der Waals surface area (Å²) in [4.78, 5) is 37.6. The maximum Gasteiger partial charge on any atom is 0.255 e. The van der Waals surface area contributed by atoms with E-state index in [4.69, 9.17) is 4.74 Å². The summed E-state index contributed by atoms with van der Waals surface area (Å²) in [6, 6.07) is 9.42. The van der Waals surface area contributed by atoms with Gasteiger partial charge in [-0.25, -0.2) is 9.97 Å². The lowest BCUT2D eigenvalue weighted by Gasteiger charge is -2.34. The Bertz CT molecular complexity index is 1090. The van der Waals surface area contributed by atoms with Crippen molar-refractivity contribution < 1.29 is 14.3 Å². The zero-order chi connectivity index (χ0) is 22.3. The van der Waals surface area contributed by atoms with Gasteiger partial charge in [0.05, 0.1) is 30.9 Å². The van der Waals surface area contributed by atoms with Gasteiger partial charge >= 0.3 is 0 Å². The summed E-state index contributed by atoms with van der Waals surface area (Å²) in [6.07, 6.45) is 5.62. The number of nitrogens with zero attached hydrogens (tertiary/aromatic N) is 5. The van der Waals surface area contributed by atoms with Crippen molar-refractivity contribution in [2.24, 2.45) is 11.3 Å². The number of pyridine rings is 2. The zero-order valence-electron chi connectivity index (χ0n) is 17.8. The van der Waals surface area contributed by atoms with Crippen molar-refractivity contribution in [3.05, 3.63) is 42.2 Å². The Morgan fingerprint density at radius 3 is 2.72 bits per heavy atom. The number of anilines is 3. The number of rotatable bonds is 6. The van der Waals surface area contributed by atoms with Crippen LogP contribution in [0.4, 0.5) is 17.3 Å². The summed E-state index contributed by atoms with van der Waals surface area (Å²) in [5, 5.41) is 12.8. The van der Waals surface area contributed by atoms with E-state index >= 15 is 0 Å². The second-order valence-corrected chi connectivity index (χ2v) is 8.63. The molecule has 9 nitrogen and oxygen atoms in total. The van der Waals surface area contributed by atoms with Crippen LogP contribution in [0.25, 0.3) is 0 Å². The van der Waals surface area contributed by atoms with Crippen LogP contribution in [-0.2, 0) is 9.53 Å². The molecule has 2 aromatic heterocycles. The standard InChI is InChI=1S/C23H24N6O3/c1-28(18-12-32-13-18)21(30)15-2-5-19(26-11-15)27-20-10-17(6-8-25-20)29-9-7-23(14-24,22(29)31)16-3-4-16/h2,5-6,8,10-11,16,18H,3-4,7,9,12-13H2,1H3,(H,25,26,27)/t23-/m1/s1. The first-order valence-electron chi connectivity index (χ1n) is 10.8. The van der Waals surface area contributed by atoms with Gasteiger partial charge in [-0.3, -0.25) is 9.59 Å². The van der Waals surface area contributed by atoms with E-state index in [-0.39, 0.29) is 23.8 Å². The molecule has 32 heavy (non-hydrogen) atoms. The van der Waals surface area contributed by atoms with E-state index in [0.717, 1.165) is 12.8 Å². The van der Waals surface area contributed by atoms with E-state index in [1.165, 1.54) is 6.20 Å². The fourth-order valence-corrected chi connectivity index (χ4v) is 4.33. The highest BCUT2D eigenvalue weighted by atomic mass is 16.5. The fraction of sp³-hybridized carbons (Fsp3) is 0.435. The third kappa shape index (κ3) is 3.46. The predicted molar refractivity (Wildman–Crippen MR) is 116 cm³/mol.